The number of nitrogens with one attached hydrogen (secondary N) is 1. The van der Waals surface area contributed by atoms with Crippen molar-refractivity contribution in [2.24, 2.45) is 0 Å². The van der Waals surface area contributed by atoms with Crippen molar-refractivity contribution in [1.82, 2.24) is 14.9 Å². The number of aryl methyl sites for hydroxylation is 2. The van der Waals surface area contributed by atoms with E-state index in [4.69, 9.17) is 9.47 Å². The molecule has 1 N–H and O–H groups in total. The molecule has 4 aromatic rings. The molecule has 2 aromatic carbocycles. The molecular formula is C28H29N3O3. The topological polar surface area (TPSA) is 67.5 Å². The summed E-state index contributed by atoms with van der Waals surface area (Å²) in [6.45, 7) is 5.08. The number of carbonyl (C=O) groups excluding carboxylic acids is 1. The van der Waals surface area contributed by atoms with Gasteiger partial charge in [-0.1, -0.05) is 18.2 Å². The average Bonchev–Trinajstić information content (AvgIpc) is 3.67. The molecule has 0 radical (unpaired) electrons. The third-order valence-electron chi connectivity index (χ3n) is 6.55. The second-order valence-electron chi connectivity index (χ2n) is 8.90. The highest BCUT2D eigenvalue weighted by molar-refractivity contribution is 6.06. The van der Waals surface area contributed by atoms with E-state index in [0.717, 1.165) is 46.1 Å². The van der Waals surface area contributed by atoms with Crippen molar-refractivity contribution in [3.05, 3.63) is 88.9 Å². The molecule has 1 fully saturated rings. The van der Waals surface area contributed by atoms with Gasteiger partial charge >= 0.3 is 0 Å². The van der Waals surface area contributed by atoms with Crippen LogP contribution in [0.3, 0.4) is 0 Å². The maximum Gasteiger partial charge on any atom is 0.256 e. The molecule has 2 heterocycles. The number of amides is 1. The van der Waals surface area contributed by atoms with E-state index in [1.54, 1.807) is 19.5 Å². The summed E-state index contributed by atoms with van der Waals surface area (Å²) in [5.41, 5.74) is 5.97. The summed E-state index contributed by atoms with van der Waals surface area (Å²) in [4.78, 5) is 23.2. The Morgan fingerprint density at radius 1 is 1.06 bits per heavy atom. The summed E-state index contributed by atoms with van der Waals surface area (Å²) < 4.78 is 11.6. The van der Waals surface area contributed by atoms with Gasteiger partial charge in [-0.3, -0.25) is 9.78 Å². The van der Waals surface area contributed by atoms with Gasteiger partial charge in [0.05, 0.1) is 18.2 Å². The number of hydrogen-bond acceptors (Lipinski definition) is 4. The fraction of sp³-hybridized carbons (Fsp3) is 0.286. The molecule has 1 aliphatic carbocycles. The number of H-pyrrole nitrogens is 1. The Morgan fingerprint density at radius 3 is 2.59 bits per heavy atom. The minimum atomic E-state index is 0.0596. The van der Waals surface area contributed by atoms with Crippen molar-refractivity contribution in [3.8, 4) is 11.5 Å². The maximum atomic E-state index is 13.7. The fourth-order valence-corrected chi connectivity index (χ4v) is 4.34. The SMILES string of the molecule is COc1ccc(CN(C(=O)c2cccc3c(C)c(C)[nH]c23)C2CC2)cc1OCc1ccncc1. The number of nitrogens with zero attached hydrogens (tertiary/aromatic N) is 2. The molecule has 0 saturated heterocycles. The first kappa shape index (κ1) is 22.0. The maximum absolute atomic E-state index is 13.7. The van der Waals surface area contributed by atoms with Gasteiger partial charge in [-0.2, -0.15) is 0 Å². The molecule has 34 heavy (non-hydrogen) atoms. The van der Waals surface area contributed by atoms with E-state index in [9.17, 15) is 4.79 Å². The number of rotatable bonds is 8. The molecular weight excluding hydrogens is 426 g/mol. The van der Waals surface area contributed by atoms with Gasteiger partial charge < -0.3 is 19.4 Å². The standard InChI is InChI=1S/C28H29N3O3/c1-18-19(2)30-27-23(18)5-4-6-24(27)28(32)31(22-8-9-22)16-21-7-10-25(33-3)26(15-21)34-17-20-11-13-29-14-12-20/h4-7,10-15,22,30H,8-9,16-17H2,1-3H3. The van der Waals surface area contributed by atoms with E-state index < -0.39 is 0 Å². The van der Waals surface area contributed by atoms with Crippen LogP contribution >= 0.6 is 0 Å². The van der Waals surface area contributed by atoms with Crippen molar-refractivity contribution >= 4 is 16.8 Å². The monoisotopic (exact) mass is 455 g/mol. The van der Waals surface area contributed by atoms with E-state index in [0.29, 0.717) is 24.7 Å². The summed E-state index contributed by atoms with van der Waals surface area (Å²) >= 11 is 0. The van der Waals surface area contributed by atoms with Crippen LogP contribution in [0.1, 0.15) is 45.6 Å². The molecule has 1 saturated carbocycles. The summed E-state index contributed by atoms with van der Waals surface area (Å²) in [5.74, 6) is 1.39. The van der Waals surface area contributed by atoms with Crippen molar-refractivity contribution in [3.63, 3.8) is 0 Å². The summed E-state index contributed by atoms with van der Waals surface area (Å²) in [6.07, 6.45) is 5.57. The van der Waals surface area contributed by atoms with E-state index in [-0.39, 0.29) is 11.9 Å². The van der Waals surface area contributed by atoms with E-state index >= 15 is 0 Å². The van der Waals surface area contributed by atoms with Crippen LogP contribution in [0.25, 0.3) is 10.9 Å². The molecule has 6 nitrogen and oxygen atoms in total. The van der Waals surface area contributed by atoms with Crippen LogP contribution in [0, 0.1) is 13.8 Å². The smallest absolute Gasteiger partial charge is 0.256 e. The van der Waals surface area contributed by atoms with Gasteiger partial charge in [0.2, 0.25) is 0 Å². The Morgan fingerprint density at radius 2 is 1.85 bits per heavy atom. The van der Waals surface area contributed by atoms with Gasteiger partial charge in [0.15, 0.2) is 11.5 Å². The van der Waals surface area contributed by atoms with Crippen LogP contribution < -0.4 is 9.47 Å². The predicted molar refractivity (Wildman–Crippen MR) is 132 cm³/mol. The van der Waals surface area contributed by atoms with Crippen molar-refractivity contribution < 1.29 is 14.3 Å². The predicted octanol–water partition coefficient (Wildman–Crippen LogP) is 5.57. The molecule has 0 bridgehead atoms. The molecule has 5 rings (SSSR count). The van der Waals surface area contributed by atoms with Gasteiger partial charge in [-0.05, 0) is 73.7 Å². The van der Waals surface area contributed by atoms with Crippen LogP contribution in [0.5, 0.6) is 11.5 Å². The number of pyridine rings is 1. The zero-order valence-corrected chi connectivity index (χ0v) is 19.8. The minimum Gasteiger partial charge on any atom is -0.493 e. The number of para-hydroxylation sites is 1. The molecule has 174 valence electrons. The second-order valence-corrected chi connectivity index (χ2v) is 8.90. The molecule has 0 aliphatic heterocycles. The summed E-state index contributed by atoms with van der Waals surface area (Å²) in [6, 6.07) is 16.0. The molecule has 0 unspecified atom stereocenters. The number of hydrogen-bond donors (Lipinski definition) is 1. The van der Waals surface area contributed by atoms with Crippen molar-refractivity contribution in [1.29, 1.82) is 0 Å². The van der Waals surface area contributed by atoms with Crippen LogP contribution in [-0.4, -0.2) is 33.9 Å². The number of carbonyl (C=O) groups is 1. The number of aromatic amines is 1. The third kappa shape index (κ3) is 4.36. The van der Waals surface area contributed by atoms with Gasteiger partial charge in [-0.25, -0.2) is 0 Å². The van der Waals surface area contributed by atoms with Crippen LogP contribution in [-0.2, 0) is 13.2 Å². The van der Waals surface area contributed by atoms with Gasteiger partial charge in [0.1, 0.15) is 6.61 Å². The Kier molecular flexibility index (Phi) is 5.97. The van der Waals surface area contributed by atoms with E-state index in [1.807, 2.05) is 54.3 Å². The largest absolute Gasteiger partial charge is 0.493 e. The molecule has 1 amide bonds. The first-order chi connectivity index (χ1) is 16.5. The molecule has 0 atom stereocenters. The zero-order chi connectivity index (χ0) is 23.7. The number of aromatic nitrogens is 2. The normalized spacial score (nSPS) is 13.1. The van der Waals surface area contributed by atoms with Crippen LogP contribution in [0.2, 0.25) is 0 Å². The number of fused-ring (bicyclic) bond motifs is 1. The molecule has 2 aromatic heterocycles. The summed E-state index contributed by atoms with van der Waals surface area (Å²) in [7, 11) is 1.63. The Balaban J connectivity index is 1.41. The highest BCUT2D eigenvalue weighted by Gasteiger charge is 2.34. The van der Waals surface area contributed by atoms with Crippen LogP contribution in [0.15, 0.2) is 60.9 Å². The lowest BCUT2D eigenvalue weighted by molar-refractivity contribution is 0.0731. The number of ether oxygens (including phenoxy) is 2. The van der Waals surface area contributed by atoms with Gasteiger partial charge in [-0.15, -0.1) is 0 Å². The average molecular weight is 456 g/mol. The first-order valence-corrected chi connectivity index (χ1v) is 11.6. The second kappa shape index (κ2) is 9.21. The number of methoxy groups -OCH3 is 1. The summed E-state index contributed by atoms with van der Waals surface area (Å²) in [5, 5.41) is 1.11. The quantitative estimate of drug-likeness (QED) is 0.377. The molecule has 1 aliphatic rings. The van der Waals surface area contributed by atoms with E-state index in [1.165, 1.54) is 5.56 Å². The lowest BCUT2D eigenvalue weighted by Crippen LogP contribution is -2.32. The zero-order valence-electron chi connectivity index (χ0n) is 19.8. The van der Waals surface area contributed by atoms with Gasteiger partial charge in [0, 0.05) is 36.1 Å². The van der Waals surface area contributed by atoms with Gasteiger partial charge in [0.25, 0.3) is 5.91 Å². The lowest BCUT2D eigenvalue weighted by atomic mass is 10.1. The molecule has 0 spiro atoms. The lowest BCUT2D eigenvalue weighted by Gasteiger charge is -2.24. The van der Waals surface area contributed by atoms with Crippen LogP contribution in [0.4, 0.5) is 0 Å². The number of benzene rings is 2. The fourth-order valence-electron chi connectivity index (χ4n) is 4.34. The highest BCUT2D eigenvalue weighted by Crippen LogP contribution is 2.34. The Labute approximate surface area is 199 Å². The van der Waals surface area contributed by atoms with E-state index in [2.05, 4.69) is 23.0 Å². The Bertz CT molecular complexity index is 1330. The van der Waals surface area contributed by atoms with Crippen molar-refractivity contribution in [2.75, 3.05) is 7.11 Å². The molecule has 6 heteroatoms. The third-order valence-corrected chi connectivity index (χ3v) is 6.55. The van der Waals surface area contributed by atoms with Crippen molar-refractivity contribution in [2.45, 2.75) is 45.9 Å². The Hall–Kier alpha value is -3.80. The highest BCUT2D eigenvalue weighted by atomic mass is 16.5. The minimum absolute atomic E-state index is 0.0596. The first-order valence-electron chi connectivity index (χ1n) is 11.6.